The van der Waals surface area contributed by atoms with E-state index in [1.165, 1.54) is 9.80 Å². The van der Waals surface area contributed by atoms with Crippen molar-refractivity contribution in [3.05, 3.63) is 192 Å². The van der Waals surface area contributed by atoms with E-state index in [-0.39, 0.29) is 11.8 Å². The molecule has 2 atom stereocenters. The Morgan fingerprint density at radius 1 is 0.375 bits per heavy atom. The molecule has 6 nitrogen and oxygen atoms in total. The summed E-state index contributed by atoms with van der Waals surface area (Å²) in [4.78, 5) is 30.7. The highest BCUT2D eigenvalue weighted by molar-refractivity contribution is 6.22. The molecule has 0 fully saturated rings. The van der Waals surface area contributed by atoms with Crippen LogP contribution in [-0.2, 0) is 0 Å². The molecule has 9 aromatic carbocycles. The zero-order chi connectivity index (χ0) is 37.7. The summed E-state index contributed by atoms with van der Waals surface area (Å²) in [7, 11) is 0. The van der Waals surface area contributed by atoms with Crippen LogP contribution in [0, 0.1) is 0 Å². The molecule has 0 aromatic heterocycles. The van der Waals surface area contributed by atoms with Gasteiger partial charge in [0.15, 0.2) is 12.5 Å². The Morgan fingerprint density at radius 3 is 1.07 bits per heavy atom. The predicted molar refractivity (Wildman–Crippen MR) is 224 cm³/mol. The van der Waals surface area contributed by atoms with Crippen LogP contribution in [0.2, 0.25) is 0 Å². The van der Waals surface area contributed by atoms with Gasteiger partial charge in [-0.05, 0) is 91.0 Å². The summed E-state index contributed by atoms with van der Waals surface area (Å²) in [6, 6.07) is 55.3. The summed E-state index contributed by atoms with van der Waals surface area (Å²) in [5.74, 6) is -0.468. The van der Waals surface area contributed by atoms with Crippen molar-refractivity contribution in [3.8, 4) is 22.3 Å². The van der Waals surface area contributed by atoms with E-state index in [9.17, 15) is 19.8 Å². The minimum absolute atomic E-state index is 0.234. The van der Waals surface area contributed by atoms with Gasteiger partial charge in [0.05, 0.1) is 0 Å². The summed E-state index contributed by atoms with van der Waals surface area (Å²) in [6.45, 7) is 0. The maximum atomic E-state index is 13.9. The molecule has 2 heterocycles. The highest BCUT2D eigenvalue weighted by Gasteiger charge is 2.35. The van der Waals surface area contributed by atoms with Crippen LogP contribution in [0.3, 0.4) is 0 Å². The smallest absolute Gasteiger partial charge is 0.261 e. The molecule has 0 bridgehead atoms. The molecule has 0 saturated heterocycles. The van der Waals surface area contributed by atoms with Gasteiger partial charge in [0.1, 0.15) is 0 Å². The molecule has 2 aliphatic heterocycles. The first-order valence-corrected chi connectivity index (χ1v) is 18.7. The van der Waals surface area contributed by atoms with Crippen molar-refractivity contribution in [2.24, 2.45) is 0 Å². The first-order valence-electron chi connectivity index (χ1n) is 18.7. The van der Waals surface area contributed by atoms with Gasteiger partial charge in [-0.3, -0.25) is 19.4 Å². The third-order valence-electron chi connectivity index (χ3n) is 11.6. The van der Waals surface area contributed by atoms with Crippen LogP contribution in [0.1, 0.15) is 44.3 Å². The summed E-state index contributed by atoms with van der Waals surface area (Å²) in [5.41, 5.74) is 7.91. The Kier molecular flexibility index (Phi) is 7.04. The van der Waals surface area contributed by atoms with Crippen LogP contribution in [0.25, 0.3) is 65.3 Å². The number of hydrogen-bond donors (Lipinski definition) is 2. The summed E-state index contributed by atoms with van der Waals surface area (Å²) >= 11 is 0. The lowest BCUT2D eigenvalue weighted by Crippen LogP contribution is -2.38. The lowest BCUT2D eigenvalue weighted by atomic mass is 9.86. The molecule has 0 spiro atoms. The second-order valence-corrected chi connectivity index (χ2v) is 14.5. The van der Waals surface area contributed by atoms with Crippen molar-refractivity contribution >= 4 is 66.3 Å². The summed E-state index contributed by atoms with van der Waals surface area (Å²) in [5, 5.41) is 30.8. The second kappa shape index (κ2) is 12.2. The molecule has 0 radical (unpaired) electrons. The molecular formula is C50H32N2O4. The average Bonchev–Trinajstić information content (AvgIpc) is 3.24. The molecule has 266 valence electrons. The molecule has 6 heteroatoms. The average molecular weight is 725 g/mol. The standard InChI is InChI=1S/C50H32N2O4/c53-47-39-17-5-9-29-10-6-18-40(45(29)39)48(54)51(47)33-25-21-31(22-26-33)43-35-13-1-2-14-36(35)44(38-16-4-3-15-37(38)43)32-23-27-34(28-24-32)52-49(55)41-19-7-11-30-12-8-20-42(46(30)41)50(52)56/h1-28,47,49,53,55H. The van der Waals surface area contributed by atoms with Crippen LogP contribution < -0.4 is 9.80 Å². The lowest BCUT2D eigenvalue weighted by molar-refractivity contribution is 0.0869. The van der Waals surface area contributed by atoms with Crippen LogP contribution in [0.4, 0.5) is 11.4 Å². The normalized spacial score (nSPS) is 16.4. The number of aliphatic hydroxyl groups excluding tert-OH is 2. The summed E-state index contributed by atoms with van der Waals surface area (Å²) < 4.78 is 0. The highest BCUT2D eigenvalue weighted by Crippen LogP contribution is 2.46. The van der Waals surface area contributed by atoms with Crippen molar-refractivity contribution in [2.45, 2.75) is 12.5 Å². The van der Waals surface area contributed by atoms with E-state index in [1.54, 1.807) is 0 Å². The van der Waals surface area contributed by atoms with E-state index in [4.69, 9.17) is 0 Å². The van der Waals surface area contributed by atoms with E-state index < -0.39 is 12.5 Å². The van der Waals surface area contributed by atoms with Gasteiger partial charge in [-0.1, -0.05) is 133 Å². The maximum absolute atomic E-state index is 13.9. The molecule has 2 aliphatic rings. The number of anilines is 2. The third kappa shape index (κ3) is 4.57. The fourth-order valence-electron chi connectivity index (χ4n) is 9.13. The van der Waals surface area contributed by atoms with Crippen LogP contribution >= 0.6 is 0 Å². The zero-order valence-electron chi connectivity index (χ0n) is 29.9. The van der Waals surface area contributed by atoms with Crippen molar-refractivity contribution in [2.75, 3.05) is 9.80 Å². The lowest BCUT2D eigenvalue weighted by Gasteiger charge is -2.34. The quantitative estimate of drug-likeness (QED) is 0.177. The fourth-order valence-corrected chi connectivity index (χ4v) is 9.13. The second-order valence-electron chi connectivity index (χ2n) is 14.5. The van der Waals surface area contributed by atoms with E-state index >= 15 is 0 Å². The molecule has 2 amide bonds. The van der Waals surface area contributed by atoms with Crippen LogP contribution in [0.5, 0.6) is 0 Å². The van der Waals surface area contributed by atoms with Gasteiger partial charge in [0.2, 0.25) is 0 Å². The van der Waals surface area contributed by atoms with E-state index in [2.05, 4.69) is 24.3 Å². The minimum Gasteiger partial charge on any atom is -0.369 e. The van der Waals surface area contributed by atoms with E-state index in [0.717, 1.165) is 65.3 Å². The number of carbonyl (C=O) groups excluding carboxylic acids is 2. The Hall–Kier alpha value is -7.12. The first kappa shape index (κ1) is 32.3. The molecule has 56 heavy (non-hydrogen) atoms. The van der Waals surface area contributed by atoms with Gasteiger partial charge in [-0.2, -0.15) is 0 Å². The highest BCUT2D eigenvalue weighted by atomic mass is 16.3. The van der Waals surface area contributed by atoms with Gasteiger partial charge in [0, 0.05) is 44.4 Å². The van der Waals surface area contributed by atoms with Crippen LogP contribution in [0.15, 0.2) is 170 Å². The Balaban J connectivity index is 0.994. The van der Waals surface area contributed by atoms with Gasteiger partial charge in [0.25, 0.3) is 11.8 Å². The number of benzene rings is 9. The van der Waals surface area contributed by atoms with E-state index in [0.29, 0.717) is 33.6 Å². The van der Waals surface area contributed by atoms with Gasteiger partial charge in [-0.15, -0.1) is 0 Å². The Morgan fingerprint density at radius 2 is 0.714 bits per heavy atom. The molecule has 11 rings (SSSR count). The number of amides is 2. The molecule has 2 unspecified atom stereocenters. The van der Waals surface area contributed by atoms with Crippen molar-refractivity contribution in [1.82, 2.24) is 0 Å². The number of nitrogens with zero attached hydrogens (tertiary/aromatic N) is 2. The van der Waals surface area contributed by atoms with Gasteiger partial charge < -0.3 is 10.2 Å². The molecular weight excluding hydrogens is 693 g/mol. The van der Waals surface area contributed by atoms with Crippen LogP contribution in [-0.4, -0.2) is 22.0 Å². The number of hydrogen-bond acceptors (Lipinski definition) is 4. The maximum Gasteiger partial charge on any atom is 0.261 e. The Labute approximate surface area is 321 Å². The topological polar surface area (TPSA) is 81.1 Å². The number of fused-ring (bicyclic) bond motifs is 2. The monoisotopic (exact) mass is 724 g/mol. The minimum atomic E-state index is -1.11. The molecule has 9 aromatic rings. The van der Waals surface area contributed by atoms with Gasteiger partial charge in [-0.25, -0.2) is 0 Å². The van der Waals surface area contributed by atoms with Crippen molar-refractivity contribution in [3.63, 3.8) is 0 Å². The molecule has 2 N–H and O–H groups in total. The largest absolute Gasteiger partial charge is 0.369 e. The summed E-state index contributed by atoms with van der Waals surface area (Å²) in [6.07, 6.45) is -2.22. The Bertz CT molecular complexity index is 2840. The number of rotatable bonds is 4. The van der Waals surface area contributed by atoms with Crippen molar-refractivity contribution < 1.29 is 19.8 Å². The van der Waals surface area contributed by atoms with Crippen molar-refractivity contribution in [1.29, 1.82) is 0 Å². The third-order valence-corrected chi connectivity index (χ3v) is 11.6. The predicted octanol–water partition coefficient (Wildman–Crippen LogP) is 10.9. The molecule has 0 saturated carbocycles. The fraction of sp³-hybridized carbons (Fsp3) is 0.0400. The first-order chi connectivity index (χ1) is 27.5. The van der Waals surface area contributed by atoms with Gasteiger partial charge >= 0.3 is 0 Å². The zero-order valence-corrected chi connectivity index (χ0v) is 29.9. The van der Waals surface area contributed by atoms with E-state index in [1.807, 2.05) is 146 Å². The number of carbonyl (C=O) groups is 2. The SMILES string of the molecule is O=C1c2cccc3cccc(c23)C(O)N1c1ccc(-c2c3ccccc3c(-c3ccc(N4C(=O)c5cccc6cccc(c56)C4O)cc3)c3ccccc23)cc1. The molecule has 0 aliphatic carbocycles. The number of aliphatic hydroxyl groups is 2.